The number of nitrogens with one attached hydrogen (secondary N) is 3. The number of thiophene rings is 1. The zero-order valence-electron chi connectivity index (χ0n) is 16.9. The summed E-state index contributed by atoms with van der Waals surface area (Å²) in [6, 6.07) is 13.6. The van der Waals surface area contributed by atoms with E-state index in [1.165, 1.54) is 0 Å². The molecule has 0 radical (unpaired) electrons. The quantitative estimate of drug-likeness (QED) is 0.428. The van der Waals surface area contributed by atoms with E-state index in [9.17, 15) is 9.59 Å². The first-order chi connectivity index (χ1) is 15.1. The fourth-order valence-corrected chi connectivity index (χ4v) is 4.14. The number of nitrogens with zero attached hydrogens (tertiary/aromatic N) is 2. The molecule has 5 rings (SSSR count). The van der Waals surface area contributed by atoms with Gasteiger partial charge in [0.15, 0.2) is 11.5 Å². The summed E-state index contributed by atoms with van der Waals surface area (Å²) in [6.45, 7) is 1.99. The van der Waals surface area contributed by atoms with Crippen molar-refractivity contribution in [3.8, 4) is 11.3 Å². The van der Waals surface area contributed by atoms with E-state index in [4.69, 9.17) is 0 Å². The van der Waals surface area contributed by atoms with Crippen LogP contribution in [0, 0.1) is 6.92 Å². The van der Waals surface area contributed by atoms with Gasteiger partial charge < -0.3 is 10.6 Å². The minimum atomic E-state index is -0.120. The van der Waals surface area contributed by atoms with Crippen molar-refractivity contribution >= 4 is 40.0 Å². The SMILES string of the molecule is Cc1ccc(C(=O)NC2CC2)cc1-c1ccc2c(NC(=O)Cc3cccs3)n[nH]c2n1. The number of fused-ring (bicyclic) bond motifs is 1. The smallest absolute Gasteiger partial charge is 0.251 e. The molecule has 1 saturated carbocycles. The molecule has 31 heavy (non-hydrogen) atoms. The lowest BCUT2D eigenvalue weighted by Crippen LogP contribution is -2.25. The highest BCUT2D eigenvalue weighted by atomic mass is 32.1. The summed E-state index contributed by atoms with van der Waals surface area (Å²) in [5.41, 5.74) is 3.87. The average molecular weight is 432 g/mol. The van der Waals surface area contributed by atoms with Crippen molar-refractivity contribution in [3.63, 3.8) is 0 Å². The molecule has 2 amide bonds. The second kappa shape index (κ2) is 7.96. The van der Waals surface area contributed by atoms with Crippen LogP contribution in [0.5, 0.6) is 0 Å². The summed E-state index contributed by atoms with van der Waals surface area (Å²) in [5.74, 6) is 0.289. The molecule has 0 atom stereocenters. The van der Waals surface area contributed by atoms with Gasteiger partial charge in [-0.05, 0) is 61.0 Å². The number of carbonyl (C=O) groups excluding carboxylic acids is 2. The summed E-state index contributed by atoms with van der Waals surface area (Å²) < 4.78 is 0. The van der Waals surface area contributed by atoms with Gasteiger partial charge in [0, 0.05) is 22.0 Å². The Morgan fingerprint density at radius 1 is 1.19 bits per heavy atom. The van der Waals surface area contributed by atoms with Gasteiger partial charge in [0.25, 0.3) is 5.91 Å². The minimum absolute atomic E-state index is 0.0536. The number of pyridine rings is 1. The molecule has 8 heteroatoms. The van der Waals surface area contributed by atoms with Gasteiger partial charge >= 0.3 is 0 Å². The fourth-order valence-electron chi connectivity index (χ4n) is 3.43. The largest absolute Gasteiger partial charge is 0.349 e. The molecule has 4 aromatic rings. The first-order valence-corrected chi connectivity index (χ1v) is 11.0. The molecule has 1 fully saturated rings. The van der Waals surface area contributed by atoms with Crippen molar-refractivity contribution in [1.29, 1.82) is 0 Å². The third-order valence-corrected chi connectivity index (χ3v) is 6.16. The number of aromatic nitrogens is 3. The van der Waals surface area contributed by atoms with Gasteiger partial charge in [-0.2, -0.15) is 5.10 Å². The molecule has 3 heterocycles. The normalized spacial score (nSPS) is 13.3. The lowest BCUT2D eigenvalue weighted by atomic mass is 10.0. The number of hydrogen-bond acceptors (Lipinski definition) is 5. The predicted octanol–water partition coefficient (Wildman–Crippen LogP) is 4.07. The molecule has 1 aliphatic carbocycles. The topological polar surface area (TPSA) is 99.8 Å². The van der Waals surface area contributed by atoms with Crippen molar-refractivity contribution in [3.05, 3.63) is 63.8 Å². The van der Waals surface area contributed by atoms with Crippen molar-refractivity contribution in [2.75, 3.05) is 5.32 Å². The van der Waals surface area contributed by atoms with Crippen LogP contribution in [0.1, 0.15) is 33.6 Å². The summed E-state index contributed by atoms with van der Waals surface area (Å²) in [7, 11) is 0. The molecule has 0 saturated heterocycles. The third-order valence-electron chi connectivity index (χ3n) is 5.28. The minimum Gasteiger partial charge on any atom is -0.349 e. The molecular formula is C23H21N5O2S. The van der Waals surface area contributed by atoms with Gasteiger partial charge in [-0.25, -0.2) is 4.98 Å². The molecule has 0 unspecified atom stereocenters. The molecule has 0 aliphatic heterocycles. The zero-order chi connectivity index (χ0) is 21.4. The van der Waals surface area contributed by atoms with Crippen LogP contribution in [0.2, 0.25) is 0 Å². The van der Waals surface area contributed by atoms with E-state index in [-0.39, 0.29) is 11.8 Å². The van der Waals surface area contributed by atoms with Crippen LogP contribution in [0.15, 0.2) is 47.8 Å². The Bertz CT molecular complexity index is 1270. The van der Waals surface area contributed by atoms with Crippen molar-refractivity contribution in [1.82, 2.24) is 20.5 Å². The first-order valence-electron chi connectivity index (χ1n) is 10.2. The summed E-state index contributed by atoms with van der Waals surface area (Å²) in [6.07, 6.45) is 2.41. The van der Waals surface area contributed by atoms with E-state index in [2.05, 4.69) is 25.8 Å². The van der Waals surface area contributed by atoms with Crippen LogP contribution in [0.3, 0.4) is 0 Å². The maximum absolute atomic E-state index is 12.4. The summed E-state index contributed by atoms with van der Waals surface area (Å²) >= 11 is 1.55. The zero-order valence-corrected chi connectivity index (χ0v) is 17.8. The number of anilines is 1. The highest BCUT2D eigenvalue weighted by molar-refractivity contribution is 7.10. The number of H-pyrrole nitrogens is 1. The Balaban J connectivity index is 1.39. The van der Waals surface area contributed by atoms with E-state index < -0.39 is 0 Å². The van der Waals surface area contributed by atoms with E-state index in [1.54, 1.807) is 11.3 Å². The van der Waals surface area contributed by atoms with Gasteiger partial charge in [-0.1, -0.05) is 12.1 Å². The van der Waals surface area contributed by atoms with Crippen LogP contribution < -0.4 is 10.6 Å². The number of benzene rings is 1. The van der Waals surface area contributed by atoms with E-state index in [0.717, 1.165) is 39.9 Å². The van der Waals surface area contributed by atoms with Crippen molar-refractivity contribution in [2.24, 2.45) is 0 Å². The maximum Gasteiger partial charge on any atom is 0.251 e. The van der Waals surface area contributed by atoms with Crippen LogP contribution >= 0.6 is 11.3 Å². The number of aryl methyl sites for hydroxylation is 1. The Hall–Kier alpha value is -3.52. The van der Waals surface area contributed by atoms with Crippen LogP contribution in [0.4, 0.5) is 5.82 Å². The fraction of sp³-hybridized carbons (Fsp3) is 0.217. The number of aromatic amines is 1. The second-order valence-corrected chi connectivity index (χ2v) is 8.78. The van der Waals surface area contributed by atoms with E-state index in [1.807, 2.05) is 54.8 Å². The summed E-state index contributed by atoms with van der Waals surface area (Å²) in [4.78, 5) is 30.4. The van der Waals surface area contributed by atoms with Gasteiger partial charge in [0.05, 0.1) is 17.5 Å². The number of hydrogen-bond donors (Lipinski definition) is 3. The lowest BCUT2D eigenvalue weighted by Gasteiger charge is -2.09. The van der Waals surface area contributed by atoms with Crippen LogP contribution in [-0.2, 0) is 11.2 Å². The molecule has 3 aromatic heterocycles. The molecule has 7 nitrogen and oxygen atoms in total. The van der Waals surface area contributed by atoms with Gasteiger partial charge in [-0.15, -0.1) is 11.3 Å². The Morgan fingerprint density at radius 2 is 2.06 bits per heavy atom. The first kappa shape index (κ1) is 19.4. The molecule has 3 N–H and O–H groups in total. The highest BCUT2D eigenvalue weighted by Gasteiger charge is 2.24. The second-order valence-electron chi connectivity index (χ2n) is 7.75. The molecule has 0 spiro atoms. The van der Waals surface area contributed by atoms with Crippen LogP contribution in [0.25, 0.3) is 22.3 Å². The molecule has 156 valence electrons. The molecule has 0 bridgehead atoms. The van der Waals surface area contributed by atoms with E-state index >= 15 is 0 Å². The van der Waals surface area contributed by atoms with Gasteiger partial charge in [0.1, 0.15) is 0 Å². The maximum atomic E-state index is 12.4. The monoisotopic (exact) mass is 431 g/mol. The number of rotatable bonds is 6. The predicted molar refractivity (Wildman–Crippen MR) is 121 cm³/mol. The van der Waals surface area contributed by atoms with Gasteiger partial charge in [-0.3, -0.25) is 14.7 Å². The molecule has 1 aromatic carbocycles. The Kier molecular flexibility index (Phi) is 4.99. The number of carbonyl (C=O) groups is 2. The lowest BCUT2D eigenvalue weighted by molar-refractivity contribution is -0.115. The highest BCUT2D eigenvalue weighted by Crippen LogP contribution is 2.28. The van der Waals surface area contributed by atoms with Gasteiger partial charge in [0.2, 0.25) is 5.91 Å². The number of amides is 2. The molecular weight excluding hydrogens is 410 g/mol. The average Bonchev–Trinajstić information content (AvgIpc) is 3.26. The molecule has 1 aliphatic rings. The van der Waals surface area contributed by atoms with E-state index in [0.29, 0.717) is 29.5 Å². The Labute approximate surface area is 182 Å². The van der Waals surface area contributed by atoms with Crippen molar-refractivity contribution < 1.29 is 9.59 Å². The van der Waals surface area contributed by atoms with Crippen LogP contribution in [-0.4, -0.2) is 33.0 Å². The Morgan fingerprint density at radius 3 is 2.84 bits per heavy atom. The summed E-state index contributed by atoms with van der Waals surface area (Å²) in [5, 5.41) is 15.7. The third kappa shape index (κ3) is 4.20. The van der Waals surface area contributed by atoms with Crippen molar-refractivity contribution in [2.45, 2.75) is 32.2 Å². The standard InChI is InChI=1S/C23H21N5O2S/c1-13-4-5-14(23(30)24-15-6-7-15)11-18(13)19-9-8-17-21(25-19)27-28-22(17)26-20(29)12-16-3-2-10-31-16/h2-5,8-11,15H,6-7,12H2,1H3,(H,24,30)(H2,25,26,27,28,29).